The quantitative estimate of drug-likeness (QED) is 0.800. The highest BCUT2D eigenvalue weighted by Crippen LogP contribution is 2.23. The van der Waals surface area contributed by atoms with Crippen molar-refractivity contribution in [3.63, 3.8) is 0 Å². The topological polar surface area (TPSA) is 29.3 Å². The summed E-state index contributed by atoms with van der Waals surface area (Å²) in [5.74, 6) is 0. The van der Waals surface area contributed by atoms with Crippen molar-refractivity contribution in [2.45, 2.75) is 31.8 Å². The van der Waals surface area contributed by atoms with Crippen molar-refractivity contribution >= 4 is 0 Å². The van der Waals surface area contributed by atoms with E-state index in [4.69, 9.17) is 5.73 Å². The molecular weight excluding hydrogens is 184 g/mol. The summed E-state index contributed by atoms with van der Waals surface area (Å²) < 4.78 is 0. The van der Waals surface area contributed by atoms with Crippen LogP contribution < -0.4 is 5.73 Å². The van der Waals surface area contributed by atoms with Gasteiger partial charge >= 0.3 is 0 Å². The van der Waals surface area contributed by atoms with Crippen molar-refractivity contribution in [2.24, 2.45) is 5.73 Å². The molecule has 1 saturated heterocycles. The van der Waals surface area contributed by atoms with Gasteiger partial charge in [0.05, 0.1) is 0 Å². The zero-order valence-electron chi connectivity index (χ0n) is 9.39. The molecule has 2 heteroatoms. The van der Waals surface area contributed by atoms with Crippen molar-refractivity contribution in [1.29, 1.82) is 0 Å². The Morgan fingerprint density at radius 3 is 2.40 bits per heavy atom. The second-order valence-corrected chi connectivity index (χ2v) is 4.46. The summed E-state index contributed by atoms with van der Waals surface area (Å²) in [7, 11) is 0. The summed E-state index contributed by atoms with van der Waals surface area (Å²) in [5, 5.41) is 0. The number of hydrogen-bond donors (Lipinski definition) is 1. The van der Waals surface area contributed by atoms with Crippen LogP contribution in [0.15, 0.2) is 30.3 Å². The molecule has 0 radical (unpaired) electrons. The lowest BCUT2D eigenvalue weighted by atomic mass is 10.0. The Bertz CT molecular complexity index is 289. The van der Waals surface area contributed by atoms with Gasteiger partial charge in [0.2, 0.25) is 0 Å². The summed E-state index contributed by atoms with van der Waals surface area (Å²) in [6.45, 7) is 4.56. The van der Waals surface area contributed by atoms with Crippen molar-refractivity contribution in [2.75, 3.05) is 13.1 Å². The van der Waals surface area contributed by atoms with Crippen LogP contribution in [0.1, 0.15) is 31.4 Å². The van der Waals surface area contributed by atoms with Crippen LogP contribution in [0.2, 0.25) is 0 Å². The summed E-state index contributed by atoms with van der Waals surface area (Å²) in [5.41, 5.74) is 7.32. The Labute approximate surface area is 92.1 Å². The molecule has 1 atom stereocenters. The summed E-state index contributed by atoms with van der Waals surface area (Å²) in [6.07, 6.45) is 2.27. The van der Waals surface area contributed by atoms with Crippen LogP contribution in [0.4, 0.5) is 0 Å². The molecule has 2 rings (SSSR count). The normalized spacial score (nSPS) is 21.5. The zero-order chi connectivity index (χ0) is 10.7. The minimum atomic E-state index is 0.421. The third-order valence-corrected chi connectivity index (χ3v) is 3.40. The number of nitrogens with two attached hydrogens (primary N) is 1. The van der Waals surface area contributed by atoms with Gasteiger partial charge in [0.25, 0.3) is 0 Å². The molecule has 1 heterocycles. The Hall–Kier alpha value is -0.860. The Morgan fingerprint density at radius 1 is 1.20 bits per heavy atom. The first kappa shape index (κ1) is 10.7. The number of piperidine rings is 1. The van der Waals surface area contributed by atoms with Gasteiger partial charge in [0, 0.05) is 25.2 Å². The Balaban J connectivity index is 1.99. The van der Waals surface area contributed by atoms with Gasteiger partial charge in [-0.15, -0.1) is 0 Å². The molecule has 0 amide bonds. The lowest BCUT2D eigenvalue weighted by Crippen LogP contribution is -2.40. The third kappa shape index (κ3) is 2.58. The highest BCUT2D eigenvalue weighted by atomic mass is 15.2. The molecule has 1 aromatic rings. The van der Waals surface area contributed by atoms with Gasteiger partial charge in [0.15, 0.2) is 0 Å². The highest BCUT2D eigenvalue weighted by molar-refractivity contribution is 5.18. The van der Waals surface area contributed by atoms with Gasteiger partial charge in [-0.2, -0.15) is 0 Å². The lowest BCUT2D eigenvalue weighted by molar-refractivity contribution is 0.163. The molecule has 0 bridgehead atoms. The lowest BCUT2D eigenvalue weighted by Gasteiger charge is -2.35. The zero-order valence-corrected chi connectivity index (χ0v) is 9.39. The largest absolute Gasteiger partial charge is 0.328 e. The first-order chi connectivity index (χ1) is 7.27. The van der Waals surface area contributed by atoms with Crippen LogP contribution in [0.5, 0.6) is 0 Å². The molecule has 1 aromatic carbocycles. The maximum atomic E-state index is 5.91. The van der Waals surface area contributed by atoms with Gasteiger partial charge in [-0.1, -0.05) is 30.3 Å². The van der Waals surface area contributed by atoms with Gasteiger partial charge in [-0.05, 0) is 25.3 Å². The van der Waals surface area contributed by atoms with Crippen molar-refractivity contribution in [1.82, 2.24) is 4.90 Å². The average Bonchev–Trinajstić information content (AvgIpc) is 2.30. The van der Waals surface area contributed by atoms with E-state index in [-0.39, 0.29) is 0 Å². The number of benzene rings is 1. The molecule has 82 valence electrons. The van der Waals surface area contributed by atoms with Crippen LogP contribution in [-0.2, 0) is 0 Å². The predicted molar refractivity (Wildman–Crippen MR) is 63.6 cm³/mol. The SMILES string of the molecule is C[C@@H](c1ccccc1)N1CCC(N)CC1. The number of nitrogens with zero attached hydrogens (tertiary/aromatic N) is 1. The third-order valence-electron chi connectivity index (χ3n) is 3.40. The molecular formula is C13H20N2. The van der Waals surface area contributed by atoms with E-state index in [1.54, 1.807) is 0 Å². The van der Waals surface area contributed by atoms with E-state index in [1.165, 1.54) is 5.56 Å². The van der Waals surface area contributed by atoms with E-state index >= 15 is 0 Å². The monoisotopic (exact) mass is 204 g/mol. The molecule has 0 aromatic heterocycles. The van der Waals surface area contributed by atoms with E-state index in [2.05, 4.69) is 42.2 Å². The van der Waals surface area contributed by atoms with E-state index in [1.807, 2.05) is 0 Å². The molecule has 1 aliphatic rings. The van der Waals surface area contributed by atoms with Gasteiger partial charge < -0.3 is 5.73 Å². The maximum absolute atomic E-state index is 5.91. The number of likely N-dealkylation sites (tertiary alicyclic amines) is 1. The second kappa shape index (κ2) is 4.77. The minimum absolute atomic E-state index is 0.421. The first-order valence-electron chi connectivity index (χ1n) is 5.82. The van der Waals surface area contributed by atoms with Crippen molar-refractivity contribution in [3.8, 4) is 0 Å². The molecule has 0 spiro atoms. The maximum Gasteiger partial charge on any atom is 0.0319 e. The van der Waals surface area contributed by atoms with Crippen LogP contribution in [-0.4, -0.2) is 24.0 Å². The Morgan fingerprint density at radius 2 is 1.80 bits per heavy atom. The molecule has 0 aliphatic carbocycles. The minimum Gasteiger partial charge on any atom is -0.328 e. The summed E-state index contributed by atoms with van der Waals surface area (Å²) in [6, 6.07) is 11.7. The van der Waals surface area contributed by atoms with Crippen LogP contribution in [0.3, 0.4) is 0 Å². The van der Waals surface area contributed by atoms with Gasteiger partial charge in [-0.25, -0.2) is 0 Å². The summed E-state index contributed by atoms with van der Waals surface area (Å²) in [4.78, 5) is 2.53. The molecule has 15 heavy (non-hydrogen) atoms. The second-order valence-electron chi connectivity index (χ2n) is 4.46. The van der Waals surface area contributed by atoms with Gasteiger partial charge in [0.1, 0.15) is 0 Å². The van der Waals surface area contributed by atoms with Crippen LogP contribution >= 0.6 is 0 Å². The molecule has 2 nitrogen and oxygen atoms in total. The standard InChI is InChI=1S/C13H20N2/c1-11(12-5-3-2-4-6-12)15-9-7-13(14)8-10-15/h2-6,11,13H,7-10,14H2,1H3/t11-/m0/s1. The fourth-order valence-electron chi connectivity index (χ4n) is 2.25. The van der Waals surface area contributed by atoms with E-state index in [9.17, 15) is 0 Å². The Kier molecular flexibility index (Phi) is 3.39. The van der Waals surface area contributed by atoms with Crippen molar-refractivity contribution in [3.05, 3.63) is 35.9 Å². The molecule has 1 aliphatic heterocycles. The van der Waals surface area contributed by atoms with Gasteiger partial charge in [-0.3, -0.25) is 4.90 Å². The number of hydrogen-bond acceptors (Lipinski definition) is 2. The molecule has 0 saturated carbocycles. The van der Waals surface area contributed by atoms with Crippen molar-refractivity contribution < 1.29 is 0 Å². The van der Waals surface area contributed by atoms with E-state index < -0.39 is 0 Å². The molecule has 2 N–H and O–H groups in total. The first-order valence-corrected chi connectivity index (χ1v) is 5.82. The van der Waals surface area contributed by atoms with Crippen LogP contribution in [0.25, 0.3) is 0 Å². The van der Waals surface area contributed by atoms with E-state index in [0.717, 1.165) is 25.9 Å². The highest BCUT2D eigenvalue weighted by Gasteiger charge is 2.20. The number of rotatable bonds is 2. The van der Waals surface area contributed by atoms with E-state index in [0.29, 0.717) is 12.1 Å². The molecule has 1 fully saturated rings. The van der Waals surface area contributed by atoms with Crippen LogP contribution in [0, 0.1) is 0 Å². The fourth-order valence-corrected chi connectivity index (χ4v) is 2.25. The molecule has 0 unspecified atom stereocenters. The summed E-state index contributed by atoms with van der Waals surface area (Å²) >= 11 is 0. The average molecular weight is 204 g/mol. The fraction of sp³-hybridized carbons (Fsp3) is 0.538. The predicted octanol–water partition coefficient (Wildman–Crippen LogP) is 2.17. The smallest absolute Gasteiger partial charge is 0.0319 e.